The van der Waals surface area contributed by atoms with Gasteiger partial charge in [0.2, 0.25) is 0 Å². The highest BCUT2D eigenvalue weighted by Crippen LogP contribution is 2.25. The first-order valence-electron chi connectivity index (χ1n) is 6.06. The van der Waals surface area contributed by atoms with E-state index in [4.69, 9.17) is 11.8 Å². The smallest absolute Gasteiger partial charge is 0.0982 e. The van der Waals surface area contributed by atoms with Crippen molar-refractivity contribution in [2.75, 3.05) is 4.84 Å². The number of halogens is 1. The number of anilines is 1. The molecule has 0 saturated carbocycles. The molecule has 3 aromatic rings. The summed E-state index contributed by atoms with van der Waals surface area (Å²) in [7, 11) is 0. The van der Waals surface area contributed by atoms with Gasteiger partial charge in [-0.15, -0.1) is 11.3 Å². The Hall–Kier alpha value is -1.58. The van der Waals surface area contributed by atoms with Crippen LogP contribution in [0.3, 0.4) is 0 Å². The predicted molar refractivity (Wildman–Crippen MR) is 83.1 cm³/mol. The fraction of sp³-hybridized carbons (Fsp3) is 0.133. The lowest BCUT2D eigenvalue weighted by Gasteiger charge is -2.00. The molecule has 0 unspecified atom stereocenters. The highest BCUT2D eigenvalue weighted by atomic mass is 35.5. The molecule has 1 N–H and O–H groups in total. The number of aryl methyl sites for hydroxylation is 1. The first-order chi connectivity index (χ1) is 9.24. The van der Waals surface area contributed by atoms with Gasteiger partial charge in [-0.3, -0.25) is 4.84 Å². The van der Waals surface area contributed by atoms with E-state index in [-0.39, 0.29) is 0 Å². The highest BCUT2D eigenvalue weighted by Gasteiger charge is 2.05. The van der Waals surface area contributed by atoms with Crippen molar-refractivity contribution in [3.63, 3.8) is 0 Å². The van der Waals surface area contributed by atoms with Gasteiger partial charge in [-0.05, 0) is 42.3 Å². The lowest BCUT2D eigenvalue weighted by molar-refractivity contribution is 1.16. The second-order valence-corrected chi connectivity index (χ2v) is 5.85. The van der Waals surface area contributed by atoms with E-state index in [1.807, 2.05) is 12.1 Å². The molecule has 96 valence electrons. The fourth-order valence-electron chi connectivity index (χ4n) is 2.02. The number of benzene rings is 2. The summed E-state index contributed by atoms with van der Waals surface area (Å²) in [5, 5.41) is 1.15. The molecule has 0 bridgehead atoms. The van der Waals surface area contributed by atoms with E-state index in [9.17, 15) is 0 Å². The molecule has 2 nitrogen and oxygen atoms in total. The average Bonchev–Trinajstić information content (AvgIpc) is 2.81. The Bertz CT molecular complexity index is 704. The van der Waals surface area contributed by atoms with E-state index in [0.717, 1.165) is 22.6 Å². The van der Waals surface area contributed by atoms with Gasteiger partial charge in [0.1, 0.15) is 0 Å². The van der Waals surface area contributed by atoms with Gasteiger partial charge in [0.05, 0.1) is 15.2 Å². The van der Waals surface area contributed by atoms with Gasteiger partial charge in [0, 0.05) is 23.9 Å². The van der Waals surface area contributed by atoms with E-state index in [0.29, 0.717) is 0 Å². The first-order valence-corrected chi connectivity index (χ1v) is 7.26. The largest absolute Gasteiger partial charge is 0.299 e. The van der Waals surface area contributed by atoms with Crippen LogP contribution in [-0.2, 0) is 6.42 Å². The first kappa shape index (κ1) is 12.5. The summed E-state index contributed by atoms with van der Waals surface area (Å²) in [4.78, 5) is 7.27. The van der Waals surface area contributed by atoms with Crippen molar-refractivity contribution in [3.05, 3.63) is 58.6 Å². The van der Waals surface area contributed by atoms with Crippen LogP contribution in [0.1, 0.15) is 16.1 Å². The molecule has 0 spiro atoms. The summed E-state index contributed by atoms with van der Waals surface area (Å²) >= 11 is 7.31. The lowest BCUT2D eigenvalue weighted by Crippen LogP contribution is -1.87. The van der Waals surface area contributed by atoms with Gasteiger partial charge in [-0.1, -0.05) is 18.2 Å². The van der Waals surface area contributed by atoms with Gasteiger partial charge in [0.25, 0.3) is 0 Å². The van der Waals surface area contributed by atoms with E-state index in [2.05, 4.69) is 47.1 Å². The van der Waals surface area contributed by atoms with Crippen LogP contribution < -0.4 is 4.84 Å². The normalized spacial score (nSPS) is 10.8. The molecule has 1 aromatic heterocycles. The minimum atomic E-state index is 0.862. The number of aromatic nitrogens is 1. The molecule has 2 aromatic carbocycles. The summed E-state index contributed by atoms with van der Waals surface area (Å²) in [6.45, 7) is 2.11. The second-order valence-electron chi connectivity index (χ2n) is 4.55. The monoisotopic (exact) mass is 288 g/mol. The van der Waals surface area contributed by atoms with Crippen LogP contribution in [0.15, 0.2) is 42.5 Å². The van der Waals surface area contributed by atoms with Gasteiger partial charge in [0.15, 0.2) is 0 Å². The Balaban J connectivity index is 1.87. The molecule has 0 aliphatic rings. The third-order valence-electron chi connectivity index (χ3n) is 3.01. The molecular formula is C15H13ClN2S. The number of thiazole rings is 1. The molecule has 0 atom stereocenters. The molecule has 0 saturated heterocycles. The Labute approximate surface area is 121 Å². The highest BCUT2D eigenvalue weighted by molar-refractivity contribution is 7.18. The number of hydrogen-bond donors (Lipinski definition) is 1. The van der Waals surface area contributed by atoms with Gasteiger partial charge in [-0.25, -0.2) is 4.98 Å². The zero-order valence-corrected chi connectivity index (χ0v) is 12.1. The Morgan fingerprint density at radius 2 is 1.95 bits per heavy atom. The molecule has 4 heteroatoms. The molecular weight excluding hydrogens is 276 g/mol. The van der Waals surface area contributed by atoms with Crippen molar-refractivity contribution < 1.29 is 0 Å². The molecule has 0 aliphatic heterocycles. The maximum Gasteiger partial charge on any atom is 0.0982 e. The van der Waals surface area contributed by atoms with Gasteiger partial charge in [-0.2, -0.15) is 0 Å². The molecule has 19 heavy (non-hydrogen) atoms. The van der Waals surface area contributed by atoms with Crippen LogP contribution in [0.2, 0.25) is 0 Å². The molecule has 3 rings (SSSR count). The number of rotatable bonds is 3. The maximum absolute atomic E-state index is 5.55. The van der Waals surface area contributed by atoms with Gasteiger partial charge >= 0.3 is 0 Å². The summed E-state index contributed by atoms with van der Waals surface area (Å²) in [5.74, 6) is 0. The SMILES string of the molecule is Cc1ccc2nc(Cc3ccc(NCl)cc3)sc2c1. The van der Waals surface area contributed by atoms with Gasteiger partial charge < -0.3 is 0 Å². The quantitative estimate of drug-likeness (QED) is 0.703. The third-order valence-corrected chi connectivity index (χ3v) is 4.24. The maximum atomic E-state index is 5.55. The van der Waals surface area contributed by atoms with Crippen molar-refractivity contribution in [1.82, 2.24) is 4.98 Å². The zero-order valence-electron chi connectivity index (χ0n) is 10.5. The van der Waals surface area contributed by atoms with Crippen LogP contribution in [-0.4, -0.2) is 4.98 Å². The van der Waals surface area contributed by atoms with E-state index < -0.39 is 0 Å². The van der Waals surface area contributed by atoms with Crippen molar-refractivity contribution in [1.29, 1.82) is 0 Å². The second kappa shape index (κ2) is 5.19. The van der Waals surface area contributed by atoms with Crippen molar-refractivity contribution >= 4 is 39.0 Å². The molecule has 0 radical (unpaired) electrons. The van der Waals surface area contributed by atoms with Crippen LogP contribution in [0, 0.1) is 6.92 Å². The molecule has 0 aliphatic carbocycles. The molecule has 0 fully saturated rings. The van der Waals surface area contributed by atoms with E-state index >= 15 is 0 Å². The Morgan fingerprint density at radius 1 is 1.16 bits per heavy atom. The predicted octanol–water partition coefficient (Wildman–Crippen LogP) is 4.76. The number of fused-ring (bicyclic) bond motifs is 1. The van der Waals surface area contributed by atoms with Crippen molar-refractivity contribution in [3.8, 4) is 0 Å². The summed E-state index contributed by atoms with van der Waals surface area (Å²) < 4.78 is 1.26. The average molecular weight is 289 g/mol. The lowest BCUT2D eigenvalue weighted by atomic mass is 10.1. The summed E-state index contributed by atoms with van der Waals surface area (Å²) in [5.41, 5.74) is 4.52. The summed E-state index contributed by atoms with van der Waals surface area (Å²) in [6, 6.07) is 14.5. The van der Waals surface area contributed by atoms with E-state index in [1.165, 1.54) is 15.8 Å². The van der Waals surface area contributed by atoms with Crippen LogP contribution in [0.4, 0.5) is 5.69 Å². The fourth-order valence-corrected chi connectivity index (χ4v) is 3.24. The molecule has 0 amide bonds. The third kappa shape index (κ3) is 2.72. The van der Waals surface area contributed by atoms with E-state index in [1.54, 1.807) is 11.3 Å². The van der Waals surface area contributed by atoms with Crippen molar-refractivity contribution in [2.24, 2.45) is 0 Å². The Kier molecular flexibility index (Phi) is 3.40. The zero-order chi connectivity index (χ0) is 13.2. The molecule has 1 heterocycles. The number of nitrogens with one attached hydrogen (secondary N) is 1. The minimum absolute atomic E-state index is 0.862. The van der Waals surface area contributed by atoms with Crippen molar-refractivity contribution in [2.45, 2.75) is 13.3 Å². The minimum Gasteiger partial charge on any atom is -0.299 e. The standard InChI is InChI=1S/C15H13ClN2S/c1-10-2-7-13-14(8-10)19-15(17-13)9-11-3-5-12(18-16)6-4-11/h2-8,18H,9H2,1H3. The van der Waals surface area contributed by atoms with Crippen LogP contribution >= 0.6 is 23.1 Å². The van der Waals surface area contributed by atoms with Crippen LogP contribution in [0.25, 0.3) is 10.2 Å². The topological polar surface area (TPSA) is 24.9 Å². The number of hydrogen-bond acceptors (Lipinski definition) is 3. The van der Waals surface area contributed by atoms with Crippen LogP contribution in [0.5, 0.6) is 0 Å². The summed E-state index contributed by atoms with van der Waals surface area (Å²) in [6.07, 6.45) is 0.862. The Morgan fingerprint density at radius 3 is 2.68 bits per heavy atom. The number of nitrogens with zero attached hydrogens (tertiary/aromatic N) is 1.